The molecule has 1 unspecified atom stereocenters. The molecule has 6 aromatic carbocycles. The van der Waals surface area contributed by atoms with Gasteiger partial charge in [-0.1, -0.05) is 141 Å². The number of thiophene rings is 1. The summed E-state index contributed by atoms with van der Waals surface area (Å²) in [5.41, 5.74) is 17.6. The summed E-state index contributed by atoms with van der Waals surface area (Å²) in [5.74, 6) is 0. The van der Waals surface area contributed by atoms with Crippen LogP contribution in [0.5, 0.6) is 0 Å². The molecule has 7 aromatic rings. The molecule has 1 heterocycles. The lowest BCUT2D eigenvalue weighted by Crippen LogP contribution is -2.27. The summed E-state index contributed by atoms with van der Waals surface area (Å²) in [6.45, 7) is 7.72. The summed E-state index contributed by atoms with van der Waals surface area (Å²) in [6, 6.07) is 48.3. The van der Waals surface area contributed by atoms with E-state index in [1.807, 2.05) is 84.1 Å². The van der Waals surface area contributed by atoms with Crippen molar-refractivity contribution in [3.05, 3.63) is 193 Å². The van der Waals surface area contributed by atoms with Crippen molar-refractivity contribution in [2.45, 2.75) is 12.6 Å². The van der Waals surface area contributed by atoms with Crippen molar-refractivity contribution >= 4 is 60.4 Å². The van der Waals surface area contributed by atoms with Crippen molar-refractivity contribution in [1.29, 1.82) is 5.41 Å². The van der Waals surface area contributed by atoms with Crippen molar-refractivity contribution in [3.63, 3.8) is 0 Å². The fraction of sp³-hybridized carbons (Fsp3) is 0.0444. The lowest BCUT2D eigenvalue weighted by atomic mass is 9.99. The van der Waals surface area contributed by atoms with Gasteiger partial charge in [0, 0.05) is 26.9 Å². The van der Waals surface area contributed by atoms with Gasteiger partial charge in [-0.3, -0.25) is 0 Å². The number of allylic oxidation sites excluding steroid dienone is 2. The Labute approximate surface area is 297 Å². The Balaban J connectivity index is 1.18. The molecule has 0 fully saturated rings. The van der Waals surface area contributed by atoms with Crippen molar-refractivity contribution < 1.29 is 0 Å². The first-order valence-corrected chi connectivity index (χ1v) is 17.4. The summed E-state index contributed by atoms with van der Waals surface area (Å²) in [6.07, 6.45) is 5.98. The predicted molar refractivity (Wildman–Crippen MR) is 216 cm³/mol. The molecule has 0 saturated heterocycles. The van der Waals surface area contributed by atoms with E-state index in [-0.39, 0.29) is 6.17 Å². The third-order valence-corrected chi connectivity index (χ3v) is 10.1. The predicted octanol–water partition coefficient (Wildman–Crippen LogP) is 11.5. The Morgan fingerprint density at radius 2 is 1.44 bits per heavy atom. The number of nitrogens with one attached hydrogen (secondary N) is 3. The van der Waals surface area contributed by atoms with Crippen molar-refractivity contribution in [3.8, 4) is 11.1 Å². The van der Waals surface area contributed by atoms with Gasteiger partial charge < -0.3 is 21.8 Å². The zero-order valence-electron chi connectivity index (χ0n) is 27.7. The van der Waals surface area contributed by atoms with Crippen molar-refractivity contribution in [1.82, 2.24) is 5.32 Å². The van der Waals surface area contributed by atoms with Crippen LogP contribution < -0.4 is 16.4 Å². The molecule has 0 spiro atoms. The summed E-state index contributed by atoms with van der Waals surface area (Å²) in [4.78, 5) is 0. The average molecular weight is 667 g/mol. The van der Waals surface area contributed by atoms with Crippen LogP contribution in [0.3, 0.4) is 0 Å². The van der Waals surface area contributed by atoms with Crippen LogP contribution in [0, 0.1) is 5.41 Å². The lowest BCUT2D eigenvalue weighted by Gasteiger charge is -2.19. The Kier molecular flexibility index (Phi) is 9.52. The van der Waals surface area contributed by atoms with Crippen LogP contribution in [0.2, 0.25) is 0 Å². The van der Waals surface area contributed by atoms with Crippen LogP contribution in [-0.2, 0) is 6.42 Å². The molecular formula is C45H38N4S. The van der Waals surface area contributed by atoms with E-state index in [2.05, 4.69) is 103 Å². The second-order valence-electron chi connectivity index (χ2n) is 12.2. The standard InChI is InChI=1S/C45H38N4S/c1-3-31-13-8-9-18-40(31)48-42-19-11-17-37-38-29-36(25-27-43(38)50-44(37)42)35-16-10-12-30(28-35)20-26-41(49-45(47)34-14-6-5-7-15-34)33-23-21-32(22-24-33)39(46)4-2/h3-19,21-29,45-46,48-49H,1-2,20,47H2/b41-26-,46-39?. The molecule has 50 heavy (non-hydrogen) atoms. The fourth-order valence-electron chi connectivity index (χ4n) is 6.23. The SMILES string of the molecule is C=CC(=N)c1ccc(/C(=C/Cc2cccc(-c3ccc4sc5c(Nc6ccccc6C=C)cccc5c4c3)c2)NC(N)c2ccccc2)cc1. The molecule has 0 saturated carbocycles. The number of nitrogens with two attached hydrogens (primary N) is 1. The lowest BCUT2D eigenvalue weighted by molar-refractivity contribution is 0.666. The van der Waals surface area contributed by atoms with Gasteiger partial charge in [-0.25, -0.2) is 0 Å². The number of hydrogen-bond acceptors (Lipinski definition) is 5. The molecular weight excluding hydrogens is 629 g/mol. The number of anilines is 2. The largest absolute Gasteiger partial charge is 0.366 e. The Morgan fingerprint density at radius 1 is 0.720 bits per heavy atom. The molecule has 0 aliphatic rings. The second kappa shape index (κ2) is 14.6. The van der Waals surface area contributed by atoms with Gasteiger partial charge in [0.2, 0.25) is 0 Å². The summed E-state index contributed by atoms with van der Waals surface area (Å²) in [5, 5.41) is 17.8. The maximum atomic E-state index is 8.13. The molecule has 7 rings (SSSR count). The number of benzene rings is 6. The van der Waals surface area contributed by atoms with Gasteiger partial charge in [0.15, 0.2) is 0 Å². The average Bonchev–Trinajstić information content (AvgIpc) is 3.56. The van der Waals surface area contributed by atoms with E-state index in [4.69, 9.17) is 11.1 Å². The van der Waals surface area contributed by atoms with Crippen LogP contribution in [0.4, 0.5) is 11.4 Å². The Bertz CT molecular complexity index is 2370. The Hall–Kier alpha value is -6.01. The highest BCUT2D eigenvalue weighted by Crippen LogP contribution is 2.41. The third-order valence-electron chi connectivity index (χ3n) is 8.93. The van der Waals surface area contributed by atoms with E-state index in [1.54, 1.807) is 6.08 Å². The Morgan fingerprint density at radius 3 is 2.24 bits per heavy atom. The molecule has 1 atom stereocenters. The molecule has 0 aliphatic carbocycles. The molecule has 5 heteroatoms. The van der Waals surface area contributed by atoms with Gasteiger partial charge in [-0.15, -0.1) is 11.3 Å². The van der Waals surface area contributed by atoms with Gasteiger partial charge in [0.25, 0.3) is 0 Å². The molecule has 1 aromatic heterocycles. The second-order valence-corrected chi connectivity index (χ2v) is 13.2. The molecule has 0 bridgehead atoms. The fourth-order valence-corrected chi connectivity index (χ4v) is 7.38. The van der Waals surface area contributed by atoms with Gasteiger partial charge in [-0.05, 0) is 75.7 Å². The van der Waals surface area contributed by atoms with E-state index in [0.717, 1.165) is 39.3 Å². The molecule has 244 valence electrons. The first kappa shape index (κ1) is 32.5. The summed E-state index contributed by atoms with van der Waals surface area (Å²) in [7, 11) is 0. The zero-order chi connectivity index (χ0) is 34.5. The smallest absolute Gasteiger partial charge is 0.101 e. The van der Waals surface area contributed by atoms with E-state index in [9.17, 15) is 0 Å². The minimum absolute atomic E-state index is 0.375. The van der Waals surface area contributed by atoms with Gasteiger partial charge >= 0.3 is 0 Å². The molecule has 4 nitrogen and oxygen atoms in total. The van der Waals surface area contributed by atoms with Crippen molar-refractivity contribution in [2.24, 2.45) is 5.73 Å². The van der Waals surface area contributed by atoms with E-state index in [1.165, 1.54) is 36.9 Å². The third kappa shape index (κ3) is 6.92. The minimum atomic E-state index is -0.375. The maximum Gasteiger partial charge on any atom is 0.101 e. The van der Waals surface area contributed by atoms with Gasteiger partial charge in [-0.2, -0.15) is 0 Å². The first-order chi connectivity index (χ1) is 24.5. The zero-order valence-corrected chi connectivity index (χ0v) is 28.5. The first-order valence-electron chi connectivity index (χ1n) is 16.6. The maximum absolute atomic E-state index is 8.13. The normalized spacial score (nSPS) is 12.1. The van der Waals surface area contributed by atoms with E-state index in [0.29, 0.717) is 12.1 Å². The van der Waals surface area contributed by atoms with Crippen LogP contribution in [-0.4, -0.2) is 5.71 Å². The van der Waals surface area contributed by atoms with Crippen LogP contribution in [0.1, 0.15) is 34.0 Å². The highest BCUT2D eigenvalue weighted by molar-refractivity contribution is 7.26. The molecule has 0 radical (unpaired) electrons. The van der Waals surface area contributed by atoms with Crippen LogP contribution in [0.25, 0.3) is 43.1 Å². The number of rotatable bonds is 12. The van der Waals surface area contributed by atoms with Crippen LogP contribution >= 0.6 is 11.3 Å². The number of para-hydroxylation sites is 1. The minimum Gasteiger partial charge on any atom is -0.366 e. The quantitative estimate of drug-likeness (QED) is 0.0774. The monoisotopic (exact) mass is 666 g/mol. The summed E-state index contributed by atoms with van der Waals surface area (Å²) < 4.78 is 2.49. The van der Waals surface area contributed by atoms with Crippen molar-refractivity contribution in [2.75, 3.05) is 5.32 Å². The molecule has 0 aliphatic heterocycles. The topological polar surface area (TPSA) is 73.9 Å². The molecule has 0 amide bonds. The highest BCUT2D eigenvalue weighted by Gasteiger charge is 2.13. The van der Waals surface area contributed by atoms with Gasteiger partial charge in [0.05, 0.1) is 16.1 Å². The van der Waals surface area contributed by atoms with Gasteiger partial charge in [0.1, 0.15) is 6.17 Å². The van der Waals surface area contributed by atoms with E-state index < -0.39 is 0 Å². The number of fused-ring (bicyclic) bond motifs is 3. The summed E-state index contributed by atoms with van der Waals surface area (Å²) >= 11 is 1.81. The highest BCUT2D eigenvalue weighted by atomic mass is 32.1. The number of hydrogen-bond donors (Lipinski definition) is 4. The van der Waals surface area contributed by atoms with Crippen LogP contribution in [0.15, 0.2) is 165 Å². The molecule has 5 N–H and O–H groups in total. The van der Waals surface area contributed by atoms with E-state index >= 15 is 0 Å².